The van der Waals surface area contributed by atoms with Gasteiger partial charge >= 0.3 is 11.9 Å². The highest BCUT2D eigenvalue weighted by Crippen LogP contribution is 2.19. The lowest BCUT2D eigenvalue weighted by Gasteiger charge is -2.16. The number of rotatable bonds is 8. The van der Waals surface area contributed by atoms with Crippen LogP contribution in [0.25, 0.3) is 0 Å². The van der Waals surface area contributed by atoms with Gasteiger partial charge in [0.05, 0.1) is 19.8 Å². The van der Waals surface area contributed by atoms with Gasteiger partial charge in [-0.15, -0.1) is 0 Å². The first kappa shape index (κ1) is 21.0. The van der Waals surface area contributed by atoms with Crippen molar-refractivity contribution in [2.75, 3.05) is 20.8 Å². The molecular formula is C21H23NO6. The minimum absolute atomic E-state index is 0.266. The fourth-order valence-electron chi connectivity index (χ4n) is 2.58. The van der Waals surface area contributed by atoms with Crippen molar-refractivity contribution in [2.24, 2.45) is 0 Å². The smallest absolute Gasteiger partial charge is 0.338 e. The van der Waals surface area contributed by atoms with Crippen LogP contribution in [0.4, 0.5) is 0 Å². The Morgan fingerprint density at radius 2 is 1.75 bits per heavy atom. The van der Waals surface area contributed by atoms with Crippen molar-refractivity contribution in [3.05, 3.63) is 65.2 Å². The van der Waals surface area contributed by atoms with Gasteiger partial charge in [-0.25, -0.2) is 9.59 Å². The Bertz CT molecular complexity index is 834. The predicted molar refractivity (Wildman–Crippen MR) is 102 cm³/mol. The first-order valence-electron chi connectivity index (χ1n) is 8.67. The number of carbonyl (C=O) groups is 3. The highest BCUT2D eigenvalue weighted by atomic mass is 16.5. The molecule has 1 unspecified atom stereocenters. The second kappa shape index (κ2) is 10.1. The third kappa shape index (κ3) is 5.84. The second-order valence-electron chi connectivity index (χ2n) is 6.09. The number of esters is 2. The summed E-state index contributed by atoms with van der Waals surface area (Å²) >= 11 is 0. The number of amides is 1. The summed E-state index contributed by atoms with van der Waals surface area (Å²) in [5.74, 6) is -1.29. The second-order valence-corrected chi connectivity index (χ2v) is 6.09. The molecule has 0 saturated heterocycles. The molecule has 0 radical (unpaired) electrons. The number of hydrogen-bond acceptors (Lipinski definition) is 6. The predicted octanol–water partition coefficient (Wildman–Crippen LogP) is 2.06. The largest absolute Gasteiger partial charge is 0.496 e. The first-order chi connectivity index (χ1) is 13.4. The van der Waals surface area contributed by atoms with E-state index < -0.39 is 30.5 Å². The Hall–Kier alpha value is -3.35. The molecule has 0 heterocycles. The molecule has 0 aliphatic rings. The van der Waals surface area contributed by atoms with E-state index in [1.54, 1.807) is 18.2 Å². The molecule has 0 saturated carbocycles. The number of aryl methyl sites for hydroxylation is 1. The Balaban J connectivity index is 1.95. The summed E-state index contributed by atoms with van der Waals surface area (Å²) in [6.07, 6.45) is 0.266. The van der Waals surface area contributed by atoms with Gasteiger partial charge in [0.2, 0.25) is 0 Å². The molecule has 1 amide bonds. The van der Waals surface area contributed by atoms with Crippen molar-refractivity contribution in [1.82, 2.24) is 5.32 Å². The third-order valence-electron chi connectivity index (χ3n) is 4.08. The number of nitrogens with one attached hydrogen (secondary N) is 1. The van der Waals surface area contributed by atoms with Gasteiger partial charge in [0, 0.05) is 6.42 Å². The van der Waals surface area contributed by atoms with E-state index in [0.29, 0.717) is 5.75 Å². The first-order valence-corrected chi connectivity index (χ1v) is 8.67. The van der Waals surface area contributed by atoms with Crippen LogP contribution in [-0.4, -0.2) is 44.7 Å². The molecule has 0 fully saturated rings. The standard InChI is InChI=1S/C21H23NO6/c1-14-9-10-16(12-18(14)26-2)20(24)28-13-19(23)22-17(21(25)27-3)11-15-7-5-4-6-8-15/h4-10,12,17H,11,13H2,1-3H3,(H,22,23). The maximum atomic E-state index is 12.2. The highest BCUT2D eigenvalue weighted by Gasteiger charge is 2.22. The molecule has 148 valence electrons. The van der Waals surface area contributed by atoms with Gasteiger partial charge in [-0.1, -0.05) is 36.4 Å². The van der Waals surface area contributed by atoms with Crippen molar-refractivity contribution in [1.29, 1.82) is 0 Å². The summed E-state index contributed by atoms with van der Waals surface area (Å²) in [4.78, 5) is 36.3. The number of ether oxygens (including phenoxy) is 3. The van der Waals surface area contributed by atoms with Gasteiger partial charge in [-0.2, -0.15) is 0 Å². The van der Waals surface area contributed by atoms with E-state index in [1.807, 2.05) is 37.3 Å². The van der Waals surface area contributed by atoms with Crippen LogP contribution in [-0.2, 0) is 25.5 Å². The van der Waals surface area contributed by atoms with Gasteiger partial charge in [-0.3, -0.25) is 4.79 Å². The Morgan fingerprint density at radius 3 is 2.39 bits per heavy atom. The monoisotopic (exact) mass is 385 g/mol. The van der Waals surface area contributed by atoms with Crippen LogP contribution >= 0.6 is 0 Å². The maximum absolute atomic E-state index is 12.2. The molecule has 2 aromatic carbocycles. The van der Waals surface area contributed by atoms with E-state index in [9.17, 15) is 14.4 Å². The quantitative estimate of drug-likeness (QED) is 0.700. The van der Waals surface area contributed by atoms with Crippen LogP contribution in [0.3, 0.4) is 0 Å². The van der Waals surface area contributed by atoms with Crippen LogP contribution < -0.4 is 10.1 Å². The summed E-state index contributed by atoms with van der Waals surface area (Å²) in [5, 5.41) is 2.54. The van der Waals surface area contributed by atoms with Crippen LogP contribution in [0.2, 0.25) is 0 Å². The Labute approximate surface area is 163 Å². The molecular weight excluding hydrogens is 362 g/mol. The fourth-order valence-corrected chi connectivity index (χ4v) is 2.58. The fraction of sp³-hybridized carbons (Fsp3) is 0.286. The van der Waals surface area contributed by atoms with Crippen LogP contribution in [0, 0.1) is 6.92 Å². The molecule has 0 aliphatic carbocycles. The minimum atomic E-state index is -0.877. The zero-order valence-corrected chi connectivity index (χ0v) is 16.1. The minimum Gasteiger partial charge on any atom is -0.496 e. The van der Waals surface area contributed by atoms with Crippen molar-refractivity contribution in [2.45, 2.75) is 19.4 Å². The van der Waals surface area contributed by atoms with Crippen molar-refractivity contribution >= 4 is 17.8 Å². The number of benzene rings is 2. The molecule has 1 atom stereocenters. The molecule has 28 heavy (non-hydrogen) atoms. The zero-order chi connectivity index (χ0) is 20.5. The van der Waals surface area contributed by atoms with Crippen molar-refractivity contribution in [3.8, 4) is 5.75 Å². The average Bonchev–Trinajstić information content (AvgIpc) is 2.72. The SMILES string of the molecule is COC(=O)C(Cc1ccccc1)NC(=O)COC(=O)c1ccc(C)c(OC)c1. The Kier molecular flexibility index (Phi) is 7.56. The molecule has 1 N–H and O–H groups in total. The molecule has 2 rings (SSSR count). The van der Waals surface area contributed by atoms with E-state index in [-0.39, 0.29) is 12.0 Å². The van der Waals surface area contributed by atoms with Crippen molar-refractivity contribution in [3.63, 3.8) is 0 Å². The lowest BCUT2D eigenvalue weighted by Crippen LogP contribution is -2.44. The Morgan fingerprint density at radius 1 is 1.04 bits per heavy atom. The molecule has 7 nitrogen and oxygen atoms in total. The molecule has 0 bridgehead atoms. The van der Waals surface area contributed by atoms with Crippen molar-refractivity contribution < 1.29 is 28.6 Å². The maximum Gasteiger partial charge on any atom is 0.338 e. The third-order valence-corrected chi connectivity index (χ3v) is 4.08. The van der Waals surface area contributed by atoms with E-state index in [2.05, 4.69) is 5.32 Å². The van der Waals surface area contributed by atoms with Crippen LogP contribution in [0.15, 0.2) is 48.5 Å². The topological polar surface area (TPSA) is 90.9 Å². The van der Waals surface area contributed by atoms with Gasteiger partial charge in [-0.05, 0) is 30.2 Å². The van der Waals surface area contributed by atoms with Gasteiger partial charge in [0.25, 0.3) is 5.91 Å². The lowest BCUT2D eigenvalue weighted by atomic mass is 10.1. The van der Waals surface area contributed by atoms with E-state index in [1.165, 1.54) is 14.2 Å². The van der Waals surface area contributed by atoms with Gasteiger partial charge < -0.3 is 19.5 Å². The summed E-state index contributed by atoms with van der Waals surface area (Å²) in [5.41, 5.74) is 2.00. The van der Waals surface area contributed by atoms with E-state index >= 15 is 0 Å². The average molecular weight is 385 g/mol. The molecule has 7 heteroatoms. The molecule has 0 spiro atoms. The zero-order valence-electron chi connectivity index (χ0n) is 16.1. The van der Waals surface area contributed by atoms with Gasteiger partial charge in [0.15, 0.2) is 6.61 Å². The molecule has 0 aliphatic heterocycles. The lowest BCUT2D eigenvalue weighted by molar-refractivity contribution is -0.145. The normalized spacial score (nSPS) is 11.2. The summed E-state index contributed by atoms with van der Waals surface area (Å²) in [6, 6.07) is 13.2. The van der Waals surface area contributed by atoms with E-state index in [0.717, 1.165) is 11.1 Å². The van der Waals surface area contributed by atoms with Crippen LogP contribution in [0.5, 0.6) is 5.75 Å². The summed E-state index contributed by atoms with van der Waals surface area (Å²) in [7, 11) is 2.75. The summed E-state index contributed by atoms with van der Waals surface area (Å²) in [6.45, 7) is 1.33. The number of methoxy groups -OCH3 is 2. The number of carbonyl (C=O) groups excluding carboxylic acids is 3. The number of hydrogen-bond donors (Lipinski definition) is 1. The summed E-state index contributed by atoms with van der Waals surface area (Å²) < 4.78 is 14.9. The molecule has 2 aromatic rings. The van der Waals surface area contributed by atoms with Gasteiger partial charge in [0.1, 0.15) is 11.8 Å². The van der Waals surface area contributed by atoms with E-state index in [4.69, 9.17) is 14.2 Å². The van der Waals surface area contributed by atoms with Crippen LogP contribution in [0.1, 0.15) is 21.5 Å². The molecule has 0 aromatic heterocycles. The highest BCUT2D eigenvalue weighted by molar-refractivity contribution is 5.92.